The number of anilines is 1. The molecule has 1 amide bonds. The summed E-state index contributed by atoms with van der Waals surface area (Å²) in [5.74, 6) is 0.390. The summed E-state index contributed by atoms with van der Waals surface area (Å²) in [5.41, 5.74) is 1.13. The van der Waals surface area contributed by atoms with Crippen LogP contribution in [0.1, 0.15) is 36.5 Å². The Hall–Kier alpha value is -2.24. The van der Waals surface area contributed by atoms with E-state index in [1.807, 2.05) is 13.8 Å². The van der Waals surface area contributed by atoms with Crippen molar-refractivity contribution in [1.29, 1.82) is 0 Å². The fourth-order valence-corrected chi connectivity index (χ4v) is 2.51. The lowest BCUT2D eigenvalue weighted by Gasteiger charge is -2.17. The van der Waals surface area contributed by atoms with Gasteiger partial charge in [0, 0.05) is 19.4 Å². The third-order valence-corrected chi connectivity index (χ3v) is 3.67. The minimum absolute atomic E-state index is 0.126. The van der Waals surface area contributed by atoms with Crippen molar-refractivity contribution in [3.8, 4) is 0 Å². The summed E-state index contributed by atoms with van der Waals surface area (Å²) in [6.07, 6.45) is 0.944. The summed E-state index contributed by atoms with van der Waals surface area (Å²) in [6.45, 7) is 4.11. The zero-order chi connectivity index (χ0) is 15.0. The van der Waals surface area contributed by atoms with Crippen molar-refractivity contribution in [2.24, 2.45) is 0 Å². The Bertz CT molecular complexity index is 683. The van der Waals surface area contributed by atoms with Crippen LogP contribution in [0.25, 0.3) is 0 Å². The first-order valence-electron chi connectivity index (χ1n) is 6.97. The molecule has 0 N–H and O–H groups in total. The van der Waals surface area contributed by atoms with Crippen LogP contribution in [0.3, 0.4) is 0 Å². The molecular weight excluding hydrogens is 273 g/mol. The number of halogens is 1. The van der Waals surface area contributed by atoms with Crippen molar-refractivity contribution in [3.05, 3.63) is 41.3 Å². The molecule has 0 saturated carbocycles. The van der Waals surface area contributed by atoms with Crippen molar-refractivity contribution in [2.45, 2.75) is 32.6 Å². The maximum atomic E-state index is 14.0. The van der Waals surface area contributed by atoms with Crippen molar-refractivity contribution >= 4 is 11.6 Å². The van der Waals surface area contributed by atoms with E-state index in [1.165, 1.54) is 11.0 Å². The van der Waals surface area contributed by atoms with E-state index in [9.17, 15) is 9.18 Å². The second kappa shape index (κ2) is 5.27. The molecule has 1 unspecified atom stereocenters. The van der Waals surface area contributed by atoms with Crippen molar-refractivity contribution in [1.82, 2.24) is 10.1 Å². The first-order chi connectivity index (χ1) is 10.1. The third kappa shape index (κ3) is 2.53. The predicted molar refractivity (Wildman–Crippen MR) is 74.5 cm³/mol. The zero-order valence-corrected chi connectivity index (χ0v) is 12.0. The molecule has 3 rings (SSSR count). The molecule has 0 spiro atoms. The first kappa shape index (κ1) is 13.7. The average molecular weight is 289 g/mol. The Balaban J connectivity index is 1.84. The minimum atomic E-state index is -0.385. The molecule has 21 heavy (non-hydrogen) atoms. The van der Waals surface area contributed by atoms with E-state index >= 15 is 0 Å². The molecular formula is C15H16FN3O2. The van der Waals surface area contributed by atoms with Gasteiger partial charge in [-0.25, -0.2) is 4.39 Å². The van der Waals surface area contributed by atoms with Crippen molar-refractivity contribution in [3.63, 3.8) is 0 Å². The summed E-state index contributed by atoms with van der Waals surface area (Å²) >= 11 is 0. The molecule has 0 aliphatic carbocycles. The Morgan fingerprint density at radius 1 is 1.48 bits per heavy atom. The number of carbonyl (C=O) groups is 1. The van der Waals surface area contributed by atoms with Gasteiger partial charge in [0.05, 0.1) is 11.6 Å². The average Bonchev–Trinajstić information content (AvgIpc) is 3.05. The number of hydrogen-bond donors (Lipinski definition) is 0. The maximum Gasteiger partial charge on any atom is 0.232 e. The monoisotopic (exact) mass is 289 g/mol. The quantitative estimate of drug-likeness (QED) is 0.871. The minimum Gasteiger partial charge on any atom is -0.339 e. The molecule has 2 heterocycles. The van der Waals surface area contributed by atoms with E-state index < -0.39 is 0 Å². The van der Waals surface area contributed by atoms with Crippen molar-refractivity contribution < 1.29 is 13.7 Å². The molecule has 1 aromatic heterocycles. The molecule has 6 heteroatoms. The standard InChI is InChI=1S/C15H16FN3O2/c1-3-13-17-15(21-18-13)10-7-14(20)19(8-10)12-5-4-9(2)6-11(12)16/h4-6,10H,3,7-8H2,1-2H3. The largest absolute Gasteiger partial charge is 0.339 e. The van der Waals surface area contributed by atoms with Crippen LogP contribution in [-0.2, 0) is 11.2 Å². The van der Waals surface area contributed by atoms with Gasteiger partial charge in [0.25, 0.3) is 0 Å². The number of amides is 1. The molecule has 2 aromatic rings. The zero-order valence-electron chi connectivity index (χ0n) is 12.0. The van der Waals surface area contributed by atoms with Crippen LogP contribution in [0.15, 0.2) is 22.7 Å². The van der Waals surface area contributed by atoms with Crippen LogP contribution in [0.2, 0.25) is 0 Å². The summed E-state index contributed by atoms with van der Waals surface area (Å²) in [5, 5.41) is 3.84. The lowest BCUT2D eigenvalue weighted by atomic mass is 10.1. The summed E-state index contributed by atoms with van der Waals surface area (Å²) < 4.78 is 19.2. The Kier molecular flexibility index (Phi) is 3.45. The highest BCUT2D eigenvalue weighted by atomic mass is 19.1. The summed E-state index contributed by atoms with van der Waals surface area (Å²) in [6, 6.07) is 4.86. The number of nitrogens with zero attached hydrogens (tertiary/aromatic N) is 3. The molecule has 110 valence electrons. The van der Waals surface area contributed by atoms with Crippen LogP contribution < -0.4 is 4.90 Å². The highest BCUT2D eigenvalue weighted by Crippen LogP contribution is 2.32. The highest BCUT2D eigenvalue weighted by molar-refractivity contribution is 5.96. The van der Waals surface area contributed by atoms with Gasteiger partial charge in [0.1, 0.15) is 5.82 Å². The first-order valence-corrected chi connectivity index (χ1v) is 6.97. The Morgan fingerprint density at radius 3 is 2.95 bits per heavy atom. The van der Waals surface area contributed by atoms with Gasteiger partial charge in [-0.2, -0.15) is 4.98 Å². The molecule has 1 fully saturated rings. The molecule has 1 aliphatic rings. The highest BCUT2D eigenvalue weighted by Gasteiger charge is 2.36. The number of carbonyl (C=O) groups excluding carboxylic acids is 1. The predicted octanol–water partition coefficient (Wildman–Crippen LogP) is 2.60. The normalized spacial score (nSPS) is 18.5. The molecule has 1 aromatic carbocycles. The van der Waals surface area contributed by atoms with Gasteiger partial charge in [0.15, 0.2) is 5.82 Å². The van der Waals surface area contributed by atoms with Gasteiger partial charge in [-0.1, -0.05) is 18.1 Å². The van der Waals surface area contributed by atoms with Crippen LogP contribution >= 0.6 is 0 Å². The topological polar surface area (TPSA) is 59.2 Å². The van der Waals surface area contributed by atoms with Crippen molar-refractivity contribution in [2.75, 3.05) is 11.4 Å². The van der Waals surface area contributed by atoms with Gasteiger partial charge in [0.2, 0.25) is 11.8 Å². The number of rotatable bonds is 3. The van der Waals surface area contributed by atoms with Crippen LogP contribution in [0, 0.1) is 12.7 Å². The summed E-state index contributed by atoms with van der Waals surface area (Å²) in [7, 11) is 0. The number of aromatic nitrogens is 2. The molecule has 0 radical (unpaired) electrons. The van der Waals surface area contributed by atoms with E-state index in [1.54, 1.807) is 12.1 Å². The van der Waals surface area contributed by atoms with E-state index in [4.69, 9.17) is 4.52 Å². The van der Waals surface area contributed by atoms with Gasteiger partial charge in [-0.15, -0.1) is 0 Å². The molecule has 1 aliphatic heterocycles. The smallest absolute Gasteiger partial charge is 0.232 e. The van der Waals surface area contributed by atoms with Gasteiger partial charge in [-0.3, -0.25) is 4.79 Å². The lowest BCUT2D eigenvalue weighted by molar-refractivity contribution is -0.117. The Labute approximate surface area is 121 Å². The molecule has 0 bridgehead atoms. The number of benzene rings is 1. The lowest BCUT2D eigenvalue weighted by Crippen LogP contribution is -2.25. The second-order valence-electron chi connectivity index (χ2n) is 5.26. The number of hydrogen-bond acceptors (Lipinski definition) is 4. The van der Waals surface area contributed by atoms with Crippen LogP contribution in [0.4, 0.5) is 10.1 Å². The Morgan fingerprint density at radius 2 is 2.29 bits per heavy atom. The van der Waals surface area contributed by atoms with Gasteiger partial charge in [-0.05, 0) is 24.6 Å². The third-order valence-electron chi connectivity index (χ3n) is 3.67. The van der Waals surface area contributed by atoms with E-state index in [0.717, 1.165) is 5.56 Å². The van der Waals surface area contributed by atoms with E-state index in [-0.39, 0.29) is 24.1 Å². The van der Waals surface area contributed by atoms with Gasteiger partial charge < -0.3 is 9.42 Å². The van der Waals surface area contributed by atoms with Crippen LogP contribution in [0.5, 0.6) is 0 Å². The SMILES string of the molecule is CCc1noc(C2CC(=O)N(c3ccc(C)cc3F)C2)n1. The summed E-state index contributed by atoms with van der Waals surface area (Å²) in [4.78, 5) is 17.9. The molecule has 5 nitrogen and oxygen atoms in total. The van der Waals surface area contributed by atoms with E-state index in [2.05, 4.69) is 10.1 Å². The van der Waals surface area contributed by atoms with Crippen LogP contribution in [-0.4, -0.2) is 22.6 Å². The molecule has 1 atom stereocenters. The fraction of sp³-hybridized carbons (Fsp3) is 0.400. The van der Waals surface area contributed by atoms with Gasteiger partial charge >= 0.3 is 0 Å². The molecule has 1 saturated heterocycles. The number of aryl methyl sites for hydroxylation is 2. The van der Waals surface area contributed by atoms with E-state index in [0.29, 0.717) is 30.4 Å². The maximum absolute atomic E-state index is 14.0. The second-order valence-corrected chi connectivity index (χ2v) is 5.26. The fourth-order valence-electron chi connectivity index (χ4n) is 2.51.